The van der Waals surface area contributed by atoms with Crippen LogP contribution < -0.4 is 5.73 Å². The number of hydrogen-bond acceptors (Lipinski definition) is 3. The van der Waals surface area contributed by atoms with Gasteiger partial charge in [0, 0.05) is 18.2 Å². The molecule has 2 aromatic rings. The van der Waals surface area contributed by atoms with Crippen molar-refractivity contribution in [2.75, 3.05) is 0 Å². The molecule has 0 saturated heterocycles. The highest BCUT2D eigenvalue weighted by Gasteiger charge is 2.22. The first kappa shape index (κ1) is 10.7. The highest BCUT2D eigenvalue weighted by atomic mass is 15.0. The minimum Gasteiger partial charge on any atom is -0.340 e. The van der Waals surface area contributed by atoms with Gasteiger partial charge in [-0.25, -0.2) is 9.97 Å². The molecule has 0 unspecified atom stereocenters. The van der Waals surface area contributed by atoms with Gasteiger partial charge in [-0.2, -0.15) is 0 Å². The minimum absolute atomic E-state index is 0.385. The molecule has 1 aliphatic carbocycles. The van der Waals surface area contributed by atoms with Crippen LogP contribution >= 0.6 is 0 Å². The van der Waals surface area contributed by atoms with Crippen LogP contribution in [-0.4, -0.2) is 21.0 Å². The van der Waals surface area contributed by atoms with Gasteiger partial charge in [0.2, 0.25) is 0 Å². The molecule has 2 aromatic heterocycles. The van der Waals surface area contributed by atoms with E-state index in [1.807, 2.05) is 13.1 Å². The Morgan fingerprint density at radius 2 is 2.06 bits per heavy atom. The first-order valence-electron chi connectivity index (χ1n) is 6.30. The number of aromatic nitrogens is 3. The molecule has 0 radical (unpaired) electrons. The molecule has 4 nitrogen and oxygen atoms in total. The van der Waals surface area contributed by atoms with Crippen molar-refractivity contribution >= 4 is 11.2 Å². The summed E-state index contributed by atoms with van der Waals surface area (Å²) < 4.78 is 0. The Morgan fingerprint density at radius 1 is 1.29 bits per heavy atom. The fraction of sp³-hybridized carbons (Fsp3) is 0.538. The number of fused-ring (bicyclic) bond motifs is 1. The predicted molar refractivity (Wildman–Crippen MR) is 67.8 cm³/mol. The lowest BCUT2D eigenvalue weighted by molar-refractivity contribution is 0.386. The largest absolute Gasteiger partial charge is 0.340 e. The normalized spacial score (nSPS) is 25.3. The summed E-state index contributed by atoms with van der Waals surface area (Å²) >= 11 is 0. The van der Waals surface area contributed by atoms with Crippen molar-refractivity contribution in [1.82, 2.24) is 15.0 Å². The van der Waals surface area contributed by atoms with Crippen LogP contribution in [0.4, 0.5) is 0 Å². The molecule has 1 saturated carbocycles. The van der Waals surface area contributed by atoms with Crippen molar-refractivity contribution in [2.24, 2.45) is 5.73 Å². The number of nitrogens with zero attached hydrogens (tertiary/aromatic N) is 2. The highest BCUT2D eigenvalue weighted by molar-refractivity contribution is 5.71. The Kier molecular flexibility index (Phi) is 2.59. The maximum absolute atomic E-state index is 5.93. The molecule has 3 N–H and O–H groups in total. The van der Waals surface area contributed by atoms with E-state index in [1.54, 1.807) is 0 Å². The van der Waals surface area contributed by atoms with E-state index in [0.717, 1.165) is 42.7 Å². The molecule has 2 heterocycles. The maximum Gasteiger partial charge on any atom is 0.177 e. The van der Waals surface area contributed by atoms with Crippen LogP contribution in [0.5, 0.6) is 0 Å². The number of imidazole rings is 1. The molecule has 3 rings (SSSR count). The number of nitrogens with two attached hydrogens (primary N) is 1. The Hall–Kier alpha value is -1.42. The molecule has 0 spiro atoms. The zero-order valence-electron chi connectivity index (χ0n) is 10.1. The molecular formula is C13H18N4. The lowest BCUT2D eigenvalue weighted by Gasteiger charge is -2.24. The topological polar surface area (TPSA) is 67.6 Å². The van der Waals surface area contributed by atoms with E-state index in [2.05, 4.69) is 21.0 Å². The number of pyridine rings is 1. The summed E-state index contributed by atoms with van der Waals surface area (Å²) in [5.74, 6) is 1.62. The van der Waals surface area contributed by atoms with E-state index in [1.165, 1.54) is 5.56 Å². The molecular weight excluding hydrogens is 212 g/mol. The van der Waals surface area contributed by atoms with E-state index in [0.29, 0.717) is 12.0 Å². The third-order valence-electron chi connectivity index (χ3n) is 3.65. The number of rotatable bonds is 1. The van der Waals surface area contributed by atoms with Gasteiger partial charge in [-0.15, -0.1) is 0 Å². The summed E-state index contributed by atoms with van der Waals surface area (Å²) in [5.41, 5.74) is 8.98. The van der Waals surface area contributed by atoms with Crippen LogP contribution in [0.1, 0.15) is 43.0 Å². The van der Waals surface area contributed by atoms with E-state index in [9.17, 15) is 0 Å². The van der Waals surface area contributed by atoms with Crippen LogP contribution in [0.15, 0.2) is 12.3 Å². The van der Waals surface area contributed by atoms with Gasteiger partial charge in [-0.05, 0) is 44.2 Å². The van der Waals surface area contributed by atoms with Gasteiger partial charge in [-0.1, -0.05) is 0 Å². The van der Waals surface area contributed by atoms with Crippen LogP contribution in [0.3, 0.4) is 0 Å². The van der Waals surface area contributed by atoms with E-state index >= 15 is 0 Å². The number of H-pyrrole nitrogens is 1. The second kappa shape index (κ2) is 4.11. The van der Waals surface area contributed by atoms with Crippen molar-refractivity contribution in [3.8, 4) is 0 Å². The molecule has 0 amide bonds. The highest BCUT2D eigenvalue weighted by Crippen LogP contribution is 2.31. The molecule has 1 fully saturated rings. The Morgan fingerprint density at radius 3 is 2.82 bits per heavy atom. The predicted octanol–water partition coefficient (Wildman–Crippen LogP) is 2.25. The SMILES string of the molecule is Cc1cnc2nc(C3CCC(N)CC3)[nH]c2c1. The van der Waals surface area contributed by atoms with Crippen LogP contribution in [0, 0.1) is 6.92 Å². The van der Waals surface area contributed by atoms with Crippen molar-refractivity contribution in [1.29, 1.82) is 0 Å². The van der Waals surface area contributed by atoms with Gasteiger partial charge < -0.3 is 10.7 Å². The molecule has 0 aromatic carbocycles. The van der Waals surface area contributed by atoms with Crippen molar-refractivity contribution in [3.05, 3.63) is 23.7 Å². The average Bonchev–Trinajstić information content (AvgIpc) is 2.72. The summed E-state index contributed by atoms with van der Waals surface area (Å²) in [6.07, 6.45) is 6.35. The molecule has 0 aliphatic heterocycles. The molecule has 90 valence electrons. The average molecular weight is 230 g/mol. The number of aryl methyl sites for hydroxylation is 1. The zero-order chi connectivity index (χ0) is 11.8. The summed E-state index contributed by atoms with van der Waals surface area (Å²) in [6, 6.07) is 2.49. The molecule has 1 aliphatic rings. The number of nitrogens with one attached hydrogen (secondary N) is 1. The number of aromatic amines is 1. The van der Waals surface area contributed by atoms with E-state index < -0.39 is 0 Å². The number of hydrogen-bond donors (Lipinski definition) is 2. The fourth-order valence-corrected chi connectivity index (χ4v) is 2.61. The first-order chi connectivity index (χ1) is 8.22. The monoisotopic (exact) mass is 230 g/mol. The molecule has 4 heteroatoms. The second-order valence-corrected chi connectivity index (χ2v) is 5.12. The maximum atomic E-state index is 5.93. The second-order valence-electron chi connectivity index (χ2n) is 5.12. The van der Waals surface area contributed by atoms with Crippen LogP contribution in [0.2, 0.25) is 0 Å². The molecule has 0 bridgehead atoms. The Labute approximate surface area is 101 Å². The summed E-state index contributed by atoms with van der Waals surface area (Å²) in [4.78, 5) is 12.3. The standard InChI is InChI=1S/C13H18N4/c1-8-6-11-13(15-7-8)17-12(16-11)9-2-4-10(14)5-3-9/h6-7,9-10H,2-5,14H2,1H3,(H,15,16,17). The van der Waals surface area contributed by atoms with E-state index in [4.69, 9.17) is 5.73 Å². The van der Waals surface area contributed by atoms with Crippen molar-refractivity contribution in [3.63, 3.8) is 0 Å². The smallest absolute Gasteiger partial charge is 0.177 e. The summed E-state index contributed by atoms with van der Waals surface area (Å²) in [7, 11) is 0. The zero-order valence-corrected chi connectivity index (χ0v) is 10.1. The molecule has 0 atom stereocenters. The minimum atomic E-state index is 0.385. The third kappa shape index (κ3) is 2.05. The lowest BCUT2D eigenvalue weighted by Crippen LogP contribution is -2.26. The quantitative estimate of drug-likeness (QED) is 0.789. The Bertz CT molecular complexity index is 523. The van der Waals surface area contributed by atoms with Crippen LogP contribution in [0.25, 0.3) is 11.2 Å². The van der Waals surface area contributed by atoms with Gasteiger partial charge >= 0.3 is 0 Å². The van der Waals surface area contributed by atoms with Gasteiger partial charge in [-0.3, -0.25) is 0 Å². The van der Waals surface area contributed by atoms with Gasteiger partial charge in [0.05, 0.1) is 5.52 Å². The van der Waals surface area contributed by atoms with Gasteiger partial charge in [0.15, 0.2) is 5.65 Å². The molecule has 17 heavy (non-hydrogen) atoms. The third-order valence-corrected chi connectivity index (χ3v) is 3.65. The van der Waals surface area contributed by atoms with Crippen molar-refractivity contribution < 1.29 is 0 Å². The Balaban J connectivity index is 1.90. The van der Waals surface area contributed by atoms with Crippen molar-refractivity contribution in [2.45, 2.75) is 44.6 Å². The first-order valence-corrected chi connectivity index (χ1v) is 6.30. The van der Waals surface area contributed by atoms with Crippen LogP contribution in [-0.2, 0) is 0 Å². The van der Waals surface area contributed by atoms with Gasteiger partial charge in [0.25, 0.3) is 0 Å². The summed E-state index contributed by atoms with van der Waals surface area (Å²) in [6.45, 7) is 2.05. The van der Waals surface area contributed by atoms with E-state index in [-0.39, 0.29) is 0 Å². The summed E-state index contributed by atoms with van der Waals surface area (Å²) in [5, 5.41) is 0. The van der Waals surface area contributed by atoms with Gasteiger partial charge in [0.1, 0.15) is 5.82 Å². The fourth-order valence-electron chi connectivity index (χ4n) is 2.61. The lowest BCUT2D eigenvalue weighted by atomic mass is 9.86.